The van der Waals surface area contributed by atoms with Gasteiger partial charge < -0.3 is 14.5 Å². The van der Waals surface area contributed by atoms with Crippen molar-refractivity contribution < 1.29 is 35.5 Å². The number of halogens is 3. The SMILES string of the molecule is COC(=O)[C@H](NS(=O)(=O)c1ccc2oc3cc(Nc4nc(C(F)(F)F)cs4)ccc3c2c1)C(C)C. The van der Waals surface area contributed by atoms with E-state index in [0.29, 0.717) is 27.6 Å². The Hall–Kier alpha value is -3.16. The van der Waals surface area contributed by atoms with Gasteiger partial charge in [-0.25, -0.2) is 13.4 Å². The molecule has 0 saturated carbocycles. The predicted octanol–water partition coefficient (Wildman–Crippen LogP) is 5.28. The number of alkyl halides is 3. The second-order valence-corrected chi connectivity index (χ2v) is 10.6. The summed E-state index contributed by atoms with van der Waals surface area (Å²) in [6.07, 6.45) is -4.53. The molecule has 35 heavy (non-hydrogen) atoms. The summed E-state index contributed by atoms with van der Waals surface area (Å²) in [4.78, 5) is 15.5. The van der Waals surface area contributed by atoms with Crippen molar-refractivity contribution in [1.82, 2.24) is 9.71 Å². The van der Waals surface area contributed by atoms with Crippen molar-refractivity contribution in [3.05, 3.63) is 47.5 Å². The van der Waals surface area contributed by atoms with Gasteiger partial charge in [-0.2, -0.15) is 17.9 Å². The summed E-state index contributed by atoms with van der Waals surface area (Å²) >= 11 is 0.817. The molecule has 0 unspecified atom stereocenters. The number of aromatic nitrogens is 1. The van der Waals surface area contributed by atoms with E-state index in [1.54, 1.807) is 32.0 Å². The Morgan fingerprint density at radius 3 is 2.49 bits per heavy atom. The molecule has 0 aliphatic carbocycles. The Balaban J connectivity index is 1.65. The number of esters is 1. The van der Waals surface area contributed by atoms with Crippen molar-refractivity contribution >= 4 is 60.1 Å². The van der Waals surface area contributed by atoms with Crippen LogP contribution in [0.4, 0.5) is 24.0 Å². The number of nitrogens with zero attached hydrogens (tertiary/aromatic N) is 1. The first-order valence-electron chi connectivity index (χ1n) is 10.3. The van der Waals surface area contributed by atoms with Gasteiger partial charge in [0.2, 0.25) is 10.0 Å². The van der Waals surface area contributed by atoms with Crippen molar-refractivity contribution in [2.75, 3.05) is 12.4 Å². The van der Waals surface area contributed by atoms with Gasteiger partial charge in [-0.15, -0.1) is 11.3 Å². The summed E-state index contributed by atoms with van der Waals surface area (Å²) in [6.45, 7) is 3.39. The number of carbonyl (C=O) groups is 1. The van der Waals surface area contributed by atoms with Gasteiger partial charge >= 0.3 is 12.1 Å². The minimum absolute atomic E-state index is 0.0630. The largest absolute Gasteiger partial charge is 0.468 e. The highest BCUT2D eigenvalue weighted by molar-refractivity contribution is 7.89. The molecular formula is C22H20F3N3O5S2. The maximum atomic E-state index is 13.0. The number of methoxy groups -OCH3 is 1. The number of nitrogens with one attached hydrogen (secondary N) is 2. The summed E-state index contributed by atoms with van der Waals surface area (Å²) in [7, 11) is -2.88. The van der Waals surface area contributed by atoms with Crippen LogP contribution in [0.15, 0.2) is 51.1 Å². The lowest BCUT2D eigenvalue weighted by Gasteiger charge is -2.19. The molecule has 4 aromatic rings. The third-order valence-electron chi connectivity index (χ3n) is 5.20. The van der Waals surface area contributed by atoms with Crippen LogP contribution < -0.4 is 10.0 Å². The van der Waals surface area contributed by atoms with Crippen LogP contribution in [0.25, 0.3) is 21.9 Å². The molecule has 0 radical (unpaired) electrons. The molecular weight excluding hydrogens is 507 g/mol. The van der Waals surface area contributed by atoms with E-state index < -0.39 is 33.9 Å². The van der Waals surface area contributed by atoms with Crippen LogP contribution in [0.1, 0.15) is 19.5 Å². The van der Waals surface area contributed by atoms with Crippen molar-refractivity contribution in [2.24, 2.45) is 5.92 Å². The average Bonchev–Trinajstić information content (AvgIpc) is 3.40. The van der Waals surface area contributed by atoms with Gasteiger partial charge in [-0.05, 0) is 36.2 Å². The topological polar surface area (TPSA) is 111 Å². The number of hydrogen-bond donors (Lipinski definition) is 2. The van der Waals surface area contributed by atoms with Crippen LogP contribution in [0, 0.1) is 5.92 Å². The molecule has 0 saturated heterocycles. The van der Waals surface area contributed by atoms with Crippen molar-refractivity contribution in [3.8, 4) is 0 Å². The smallest absolute Gasteiger partial charge is 0.434 e. The van der Waals surface area contributed by atoms with Crippen LogP contribution in [-0.2, 0) is 25.7 Å². The van der Waals surface area contributed by atoms with Gasteiger partial charge in [0, 0.05) is 27.9 Å². The zero-order valence-electron chi connectivity index (χ0n) is 18.6. The minimum atomic E-state index is -4.53. The van der Waals surface area contributed by atoms with Crippen molar-refractivity contribution in [1.29, 1.82) is 0 Å². The van der Waals surface area contributed by atoms with Crippen molar-refractivity contribution in [2.45, 2.75) is 31.0 Å². The van der Waals surface area contributed by atoms with Gasteiger partial charge in [-0.3, -0.25) is 4.79 Å². The van der Waals surface area contributed by atoms with Crippen LogP contribution >= 0.6 is 11.3 Å². The molecule has 8 nitrogen and oxygen atoms in total. The van der Waals surface area contributed by atoms with Crippen LogP contribution in [0.3, 0.4) is 0 Å². The molecule has 0 spiro atoms. The first-order valence-corrected chi connectivity index (χ1v) is 12.6. The quantitative estimate of drug-likeness (QED) is 0.315. The lowest BCUT2D eigenvalue weighted by atomic mass is 10.1. The van der Waals surface area contributed by atoms with Gasteiger partial charge in [-0.1, -0.05) is 13.8 Å². The van der Waals surface area contributed by atoms with Crippen LogP contribution in [0.5, 0.6) is 0 Å². The molecule has 13 heteroatoms. The zero-order valence-corrected chi connectivity index (χ0v) is 20.3. The number of carbonyl (C=O) groups excluding carboxylic acids is 1. The maximum Gasteiger partial charge on any atom is 0.434 e. The number of hydrogen-bond acceptors (Lipinski definition) is 8. The first kappa shape index (κ1) is 24.9. The van der Waals surface area contributed by atoms with Crippen LogP contribution in [-0.4, -0.2) is 32.5 Å². The fourth-order valence-electron chi connectivity index (χ4n) is 3.40. The number of rotatable bonds is 7. The number of fused-ring (bicyclic) bond motifs is 3. The molecule has 0 amide bonds. The predicted molar refractivity (Wildman–Crippen MR) is 125 cm³/mol. The number of anilines is 2. The van der Waals surface area contributed by atoms with Crippen molar-refractivity contribution in [3.63, 3.8) is 0 Å². The lowest BCUT2D eigenvalue weighted by molar-refractivity contribution is -0.143. The van der Waals surface area contributed by atoms with E-state index in [0.717, 1.165) is 16.7 Å². The molecule has 0 aliphatic heterocycles. The molecule has 186 valence electrons. The highest BCUT2D eigenvalue weighted by atomic mass is 32.2. The number of ether oxygens (including phenoxy) is 1. The molecule has 0 bridgehead atoms. The van der Waals surface area contributed by atoms with E-state index in [-0.39, 0.29) is 15.9 Å². The van der Waals surface area contributed by atoms with E-state index in [2.05, 4.69) is 15.0 Å². The average molecular weight is 528 g/mol. The fourth-order valence-corrected chi connectivity index (χ4v) is 5.50. The third kappa shape index (κ3) is 5.11. The molecule has 2 N–H and O–H groups in total. The summed E-state index contributed by atoms with van der Waals surface area (Å²) in [5, 5.41) is 4.92. The van der Waals surface area contributed by atoms with Gasteiger partial charge in [0.1, 0.15) is 17.2 Å². The standard InChI is InChI=1S/C22H20F3N3O5S2/c1-11(2)19(20(29)32-3)28-35(30,31)13-5-7-16-15(9-13)14-6-4-12(8-17(14)33-16)26-21-27-18(10-34-21)22(23,24)25/h4-11,19,28H,1-3H3,(H,26,27)/t19-/m1/s1. The molecule has 2 aromatic heterocycles. The Morgan fingerprint density at radius 1 is 1.11 bits per heavy atom. The van der Waals surface area contributed by atoms with Gasteiger partial charge in [0.05, 0.1) is 12.0 Å². The molecule has 4 rings (SSSR count). The summed E-state index contributed by atoms with van der Waals surface area (Å²) in [5.74, 6) is -1.03. The van der Waals surface area contributed by atoms with Gasteiger partial charge in [0.25, 0.3) is 0 Å². The van der Waals surface area contributed by atoms with E-state index in [1.807, 2.05) is 0 Å². The summed E-state index contributed by atoms with van der Waals surface area (Å²) < 4.78 is 77.1. The minimum Gasteiger partial charge on any atom is -0.468 e. The Labute approximate surface area is 202 Å². The summed E-state index contributed by atoms with van der Waals surface area (Å²) in [5.41, 5.74) is 0.281. The van der Waals surface area contributed by atoms with E-state index in [9.17, 15) is 26.4 Å². The molecule has 1 atom stereocenters. The van der Waals surface area contributed by atoms with E-state index in [4.69, 9.17) is 9.15 Å². The summed E-state index contributed by atoms with van der Waals surface area (Å²) in [6, 6.07) is 8.10. The number of benzene rings is 2. The Kier molecular flexibility index (Phi) is 6.51. The third-order valence-corrected chi connectivity index (χ3v) is 7.40. The zero-order chi connectivity index (χ0) is 25.5. The fraction of sp³-hybridized carbons (Fsp3) is 0.273. The maximum absolute atomic E-state index is 13.0. The van der Waals surface area contributed by atoms with Crippen LogP contribution in [0.2, 0.25) is 0 Å². The lowest BCUT2D eigenvalue weighted by Crippen LogP contribution is -2.44. The van der Waals surface area contributed by atoms with Gasteiger partial charge in [0.15, 0.2) is 10.8 Å². The normalized spacial score (nSPS) is 13.5. The number of thiazole rings is 1. The highest BCUT2D eigenvalue weighted by Gasteiger charge is 2.34. The molecule has 0 aliphatic rings. The second kappa shape index (κ2) is 9.13. The first-order chi connectivity index (χ1) is 16.4. The van der Waals surface area contributed by atoms with E-state index in [1.165, 1.54) is 25.3 Å². The molecule has 2 aromatic carbocycles. The number of sulfonamides is 1. The molecule has 2 heterocycles. The van der Waals surface area contributed by atoms with E-state index >= 15 is 0 Å². The Bertz CT molecular complexity index is 1510. The second-order valence-electron chi connectivity index (χ2n) is 8.00. The molecule has 0 fully saturated rings. The number of furan rings is 1. The Morgan fingerprint density at radius 2 is 1.86 bits per heavy atom. The monoisotopic (exact) mass is 527 g/mol. The highest BCUT2D eigenvalue weighted by Crippen LogP contribution is 2.35.